The Balaban J connectivity index is 1.65. The molecular formula is C12H20N2O2. The summed E-state index contributed by atoms with van der Waals surface area (Å²) in [5.74, 6) is 1.04. The number of hydrogen-bond acceptors (Lipinski definition) is 4. The van der Waals surface area contributed by atoms with Crippen LogP contribution >= 0.6 is 0 Å². The van der Waals surface area contributed by atoms with Crippen LogP contribution in [0, 0.1) is 0 Å². The van der Waals surface area contributed by atoms with E-state index < -0.39 is 0 Å². The third-order valence-electron chi connectivity index (χ3n) is 2.80. The molecule has 1 fully saturated rings. The number of ether oxygens (including phenoxy) is 1. The molecule has 0 saturated carbocycles. The normalized spacial score (nSPS) is 23.2. The zero-order chi connectivity index (χ0) is 11.2. The van der Waals surface area contributed by atoms with Crippen molar-refractivity contribution in [3.05, 3.63) is 24.2 Å². The van der Waals surface area contributed by atoms with Crippen molar-refractivity contribution in [2.24, 2.45) is 0 Å². The van der Waals surface area contributed by atoms with E-state index >= 15 is 0 Å². The highest BCUT2D eigenvalue weighted by Gasteiger charge is 2.14. The van der Waals surface area contributed by atoms with Crippen LogP contribution in [0.15, 0.2) is 22.8 Å². The molecule has 0 spiro atoms. The molecule has 4 heteroatoms. The van der Waals surface area contributed by atoms with Crippen molar-refractivity contribution < 1.29 is 9.15 Å². The van der Waals surface area contributed by atoms with Gasteiger partial charge in [0.05, 0.1) is 19.5 Å². The van der Waals surface area contributed by atoms with Gasteiger partial charge in [-0.25, -0.2) is 0 Å². The molecule has 2 N–H and O–H groups in total. The smallest absolute Gasteiger partial charge is 0.105 e. The van der Waals surface area contributed by atoms with E-state index in [0.717, 1.165) is 38.5 Å². The largest absolute Gasteiger partial charge is 0.469 e. The Labute approximate surface area is 96.4 Å². The molecule has 0 amide bonds. The molecule has 0 aliphatic carbocycles. The lowest BCUT2D eigenvalue weighted by Gasteiger charge is -2.25. The Morgan fingerprint density at radius 1 is 1.62 bits per heavy atom. The van der Waals surface area contributed by atoms with Crippen molar-refractivity contribution >= 4 is 0 Å². The fourth-order valence-electron chi connectivity index (χ4n) is 1.90. The van der Waals surface area contributed by atoms with E-state index in [9.17, 15) is 0 Å². The molecule has 90 valence electrons. The maximum atomic E-state index is 5.40. The summed E-state index contributed by atoms with van der Waals surface area (Å²) in [6.45, 7) is 5.71. The number of morpholine rings is 1. The minimum atomic E-state index is 0.426. The van der Waals surface area contributed by atoms with Crippen LogP contribution in [0.3, 0.4) is 0 Å². The molecule has 2 atom stereocenters. The summed E-state index contributed by atoms with van der Waals surface area (Å²) in [5.41, 5.74) is 0. The minimum Gasteiger partial charge on any atom is -0.469 e. The van der Waals surface area contributed by atoms with Gasteiger partial charge in [0.25, 0.3) is 0 Å². The summed E-state index contributed by atoms with van der Waals surface area (Å²) in [4.78, 5) is 0. The van der Waals surface area contributed by atoms with E-state index in [2.05, 4.69) is 17.6 Å². The first-order valence-corrected chi connectivity index (χ1v) is 5.91. The molecule has 2 heterocycles. The predicted octanol–water partition coefficient (Wildman–Crippen LogP) is 0.789. The molecule has 1 aromatic heterocycles. The van der Waals surface area contributed by atoms with Gasteiger partial charge in [0.1, 0.15) is 5.76 Å². The highest BCUT2D eigenvalue weighted by molar-refractivity contribution is 5.00. The lowest BCUT2D eigenvalue weighted by atomic mass is 10.2. The molecule has 1 aliphatic rings. The summed E-state index contributed by atoms with van der Waals surface area (Å²) in [6.07, 6.45) is 2.65. The van der Waals surface area contributed by atoms with Crippen LogP contribution in [0.25, 0.3) is 0 Å². The van der Waals surface area contributed by atoms with E-state index in [1.807, 2.05) is 12.1 Å². The quantitative estimate of drug-likeness (QED) is 0.776. The number of hydrogen-bond donors (Lipinski definition) is 2. The molecule has 1 saturated heterocycles. The van der Waals surface area contributed by atoms with Crippen molar-refractivity contribution in [2.75, 3.05) is 26.3 Å². The molecule has 4 nitrogen and oxygen atoms in total. The molecular weight excluding hydrogens is 204 g/mol. The second kappa shape index (κ2) is 6.03. The van der Waals surface area contributed by atoms with Gasteiger partial charge in [-0.05, 0) is 19.1 Å². The first-order valence-electron chi connectivity index (χ1n) is 5.91. The third kappa shape index (κ3) is 3.63. The van der Waals surface area contributed by atoms with Crippen molar-refractivity contribution in [1.29, 1.82) is 0 Å². The van der Waals surface area contributed by atoms with Gasteiger partial charge in [-0.2, -0.15) is 0 Å². The van der Waals surface area contributed by atoms with Gasteiger partial charge in [0, 0.05) is 31.6 Å². The molecule has 1 aliphatic heterocycles. The van der Waals surface area contributed by atoms with Crippen LogP contribution in [0.5, 0.6) is 0 Å². The minimum absolute atomic E-state index is 0.426. The van der Waals surface area contributed by atoms with Crippen LogP contribution in [0.1, 0.15) is 12.7 Å². The third-order valence-corrected chi connectivity index (χ3v) is 2.80. The number of furan rings is 1. The average molecular weight is 224 g/mol. The predicted molar refractivity (Wildman–Crippen MR) is 62.5 cm³/mol. The van der Waals surface area contributed by atoms with Gasteiger partial charge >= 0.3 is 0 Å². The fourth-order valence-corrected chi connectivity index (χ4v) is 1.90. The summed E-state index contributed by atoms with van der Waals surface area (Å²) in [6, 6.07) is 4.81. The molecule has 1 aromatic rings. The first-order chi connectivity index (χ1) is 7.84. The average Bonchev–Trinajstić information content (AvgIpc) is 2.81. The van der Waals surface area contributed by atoms with Crippen molar-refractivity contribution in [3.8, 4) is 0 Å². The Kier molecular flexibility index (Phi) is 4.39. The summed E-state index contributed by atoms with van der Waals surface area (Å²) in [7, 11) is 0. The molecule has 2 unspecified atom stereocenters. The second-order valence-corrected chi connectivity index (χ2v) is 4.32. The zero-order valence-electron chi connectivity index (χ0n) is 9.74. The van der Waals surface area contributed by atoms with E-state index in [4.69, 9.17) is 9.15 Å². The maximum Gasteiger partial charge on any atom is 0.105 e. The van der Waals surface area contributed by atoms with Crippen LogP contribution in [0.4, 0.5) is 0 Å². The van der Waals surface area contributed by atoms with Gasteiger partial charge in [-0.3, -0.25) is 0 Å². The van der Waals surface area contributed by atoms with E-state index in [1.165, 1.54) is 0 Å². The summed E-state index contributed by atoms with van der Waals surface area (Å²) in [5, 5.41) is 6.91. The summed E-state index contributed by atoms with van der Waals surface area (Å²) >= 11 is 0. The summed E-state index contributed by atoms with van der Waals surface area (Å²) < 4.78 is 10.7. The molecule has 16 heavy (non-hydrogen) atoms. The lowest BCUT2D eigenvalue weighted by molar-refractivity contribution is 0.0759. The highest BCUT2D eigenvalue weighted by atomic mass is 16.5. The van der Waals surface area contributed by atoms with Gasteiger partial charge in [-0.1, -0.05) is 0 Å². The van der Waals surface area contributed by atoms with E-state index in [0.29, 0.717) is 12.1 Å². The number of nitrogens with one attached hydrogen (secondary N) is 2. The molecule has 2 rings (SSSR count). The van der Waals surface area contributed by atoms with Crippen molar-refractivity contribution in [1.82, 2.24) is 10.6 Å². The number of rotatable bonds is 5. The fraction of sp³-hybridized carbons (Fsp3) is 0.667. The van der Waals surface area contributed by atoms with Crippen LogP contribution in [-0.4, -0.2) is 38.4 Å². The van der Waals surface area contributed by atoms with Crippen molar-refractivity contribution in [2.45, 2.75) is 25.4 Å². The van der Waals surface area contributed by atoms with Crippen LogP contribution < -0.4 is 10.6 Å². The van der Waals surface area contributed by atoms with Gasteiger partial charge < -0.3 is 19.8 Å². The van der Waals surface area contributed by atoms with Gasteiger partial charge in [0.2, 0.25) is 0 Å². The van der Waals surface area contributed by atoms with Crippen LogP contribution in [-0.2, 0) is 11.2 Å². The molecule has 0 bridgehead atoms. The van der Waals surface area contributed by atoms with E-state index in [1.54, 1.807) is 6.26 Å². The highest BCUT2D eigenvalue weighted by Crippen LogP contribution is 2.03. The lowest BCUT2D eigenvalue weighted by Crippen LogP contribution is -2.49. The molecule has 0 aromatic carbocycles. The van der Waals surface area contributed by atoms with E-state index in [-0.39, 0.29) is 0 Å². The van der Waals surface area contributed by atoms with Gasteiger partial charge in [0.15, 0.2) is 0 Å². The topological polar surface area (TPSA) is 46.4 Å². The Morgan fingerprint density at radius 2 is 2.56 bits per heavy atom. The maximum absolute atomic E-state index is 5.40. The Hall–Kier alpha value is -0.840. The zero-order valence-corrected chi connectivity index (χ0v) is 9.74. The standard InChI is InChI=1S/C12H20N2O2/c1-10(7-12-3-2-5-16-12)14-8-11-9-15-6-4-13-11/h2-3,5,10-11,13-14H,4,6-9H2,1H3. The van der Waals surface area contributed by atoms with Crippen LogP contribution in [0.2, 0.25) is 0 Å². The second-order valence-electron chi connectivity index (χ2n) is 4.32. The van der Waals surface area contributed by atoms with Gasteiger partial charge in [-0.15, -0.1) is 0 Å². The monoisotopic (exact) mass is 224 g/mol. The first kappa shape index (κ1) is 11.6. The Bertz CT molecular complexity index is 281. The Morgan fingerprint density at radius 3 is 3.25 bits per heavy atom. The SMILES string of the molecule is CC(Cc1ccco1)NCC1COCCN1. The van der Waals surface area contributed by atoms with Crippen molar-refractivity contribution in [3.63, 3.8) is 0 Å². The molecule has 0 radical (unpaired) electrons.